The molecule has 22 heavy (non-hydrogen) atoms. The highest BCUT2D eigenvalue weighted by molar-refractivity contribution is 5.85. The summed E-state index contributed by atoms with van der Waals surface area (Å²) in [5.41, 5.74) is -0.187. The maximum atomic E-state index is 12.9. The summed E-state index contributed by atoms with van der Waals surface area (Å²) < 4.78 is 51.7. The molecule has 2 rings (SSSR count). The third-order valence-electron chi connectivity index (χ3n) is 2.88. The molecule has 0 aromatic heterocycles. The van der Waals surface area contributed by atoms with Crippen LogP contribution in [0.2, 0.25) is 0 Å². The van der Waals surface area contributed by atoms with Crippen molar-refractivity contribution in [1.82, 2.24) is 0 Å². The minimum atomic E-state index is -4.57. The number of carboxylic acid groups (broad SMARTS) is 1. The number of carbonyl (C=O) groups is 1. The molecular weight excluding hydrogens is 300 g/mol. The number of carboxylic acids is 1. The van der Waals surface area contributed by atoms with Crippen molar-refractivity contribution < 1.29 is 27.5 Å². The first-order chi connectivity index (χ1) is 10.3. The second kappa shape index (κ2) is 6.01. The van der Waals surface area contributed by atoms with Crippen LogP contribution < -0.4 is 0 Å². The van der Waals surface area contributed by atoms with Gasteiger partial charge < -0.3 is 5.11 Å². The van der Waals surface area contributed by atoms with Gasteiger partial charge in [0.15, 0.2) is 0 Å². The van der Waals surface area contributed by atoms with Gasteiger partial charge in [-0.1, -0.05) is 12.1 Å². The molecule has 0 amide bonds. The molecule has 0 bridgehead atoms. The Morgan fingerprint density at radius 1 is 1.00 bits per heavy atom. The summed E-state index contributed by atoms with van der Waals surface area (Å²) in [7, 11) is 0. The highest BCUT2D eigenvalue weighted by Gasteiger charge is 2.31. The van der Waals surface area contributed by atoms with E-state index in [2.05, 4.69) is 0 Å². The highest BCUT2D eigenvalue weighted by atomic mass is 19.4. The normalized spacial score (nSPS) is 11.8. The number of halogens is 4. The molecule has 0 unspecified atom stereocenters. The van der Waals surface area contributed by atoms with Gasteiger partial charge in [-0.15, -0.1) is 0 Å². The maximum absolute atomic E-state index is 12.9. The SMILES string of the molecule is O=C(O)/C=C/c1cc(-c2ccc(F)cc2)cc(C(F)(F)F)c1. The zero-order valence-electron chi connectivity index (χ0n) is 11.1. The topological polar surface area (TPSA) is 37.3 Å². The van der Waals surface area contributed by atoms with Crippen molar-refractivity contribution in [2.45, 2.75) is 6.18 Å². The fraction of sp³-hybridized carbons (Fsp3) is 0.0625. The predicted octanol–water partition coefficient (Wildman–Crippen LogP) is 4.61. The zero-order chi connectivity index (χ0) is 16.3. The van der Waals surface area contributed by atoms with Gasteiger partial charge in [-0.25, -0.2) is 9.18 Å². The zero-order valence-corrected chi connectivity index (χ0v) is 11.1. The van der Waals surface area contributed by atoms with E-state index in [9.17, 15) is 22.4 Å². The number of aliphatic carboxylic acids is 1. The molecule has 0 fully saturated rings. The fourth-order valence-corrected chi connectivity index (χ4v) is 1.89. The lowest BCUT2D eigenvalue weighted by molar-refractivity contribution is -0.137. The number of rotatable bonds is 3. The third-order valence-corrected chi connectivity index (χ3v) is 2.88. The molecule has 0 aliphatic rings. The van der Waals surface area contributed by atoms with E-state index >= 15 is 0 Å². The quantitative estimate of drug-likeness (QED) is 0.664. The van der Waals surface area contributed by atoms with E-state index in [0.717, 1.165) is 36.4 Å². The van der Waals surface area contributed by atoms with Gasteiger partial charge in [-0.05, 0) is 53.1 Å². The van der Waals surface area contributed by atoms with Crippen LogP contribution in [-0.4, -0.2) is 11.1 Å². The van der Waals surface area contributed by atoms with Crippen LogP contribution in [-0.2, 0) is 11.0 Å². The number of alkyl halides is 3. The van der Waals surface area contributed by atoms with E-state index in [0.29, 0.717) is 5.56 Å². The largest absolute Gasteiger partial charge is 0.478 e. The second-order valence-corrected chi connectivity index (χ2v) is 4.52. The standard InChI is InChI=1S/C16H10F4O2/c17-14-4-2-11(3-5-14)12-7-10(1-6-15(21)22)8-13(9-12)16(18,19)20/h1-9H,(H,21,22)/b6-1+. The van der Waals surface area contributed by atoms with E-state index in [4.69, 9.17) is 5.11 Å². The number of benzene rings is 2. The van der Waals surface area contributed by atoms with Gasteiger partial charge >= 0.3 is 12.1 Å². The van der Waals surface area contributed by atoms with Crippen LogP contribution in [0.25, 0.3) is 17.2 Å². The number of hydrogen-bond acceptors (Lipinski definition) is 1. The maximum Gasteiger partial charge on any atom is 0.416 e. The van der Waals surface area contributed by atoms with Crippen LogP contribution in [0, 0.1) is 5.82 Å². The molecule has 0 saturated heterocycles. The molecular formula is C16H10F4O2. The van der Waals surface area contributed by atoms with Crippen molar-refractivity contribution in [3.8, 4) is 11.1 Å². The minimum absolute atomic E-state index is 0.0940. The van der Waals surface area contributed by atoms with Gasteiger partial charge in [0.1, 0.15) is 5.82 Å². The van der Waals surface area contributed by atoms with Crippen molar-refractivity contribution >= 4 is 12.0 Å². The van der Waals surface area contributed by atoms with Crippen LogP contribution in [0.4, 0.5) is 17.6 Å². The van der Waals surface area contributed by atoms with Gasteiger partial charge in [0.2, 0.25) is 0 Å². The van der Waals surface area contributed by atoms with E-state index in [1.165, 1.54) is 18.2 Å². The summed E-state index contributed by atoms with van der Waals surface area (Å²) in [6.45, 7) is 0. The van der Waals surface area contributed by atoms with Crippen molar-refractivity contribution in [3.63, 3.8) is 0 Å². The Morgan fingerprint density at radius 2 is 1.64 bits per heavy atom. The van der Waals surface area contributed by atoms with Crippen LogP contribution >= 0.6 is 0 Å². The Labute approximate surface area is 123 Å². The summed E-state index contributed by atoms with van der Waals surface area (Å²) >= 11 is 0. The molecule has 2 aromatic rings. The van der Waals surface area contributed by atoms with Gasteiger partial charge in [-0.3, -0.25) is 0 Å². The first kappa shape index (κ1) is 15.8. The molecule has 0 aliphatic heterocycles. The van der Waals surface area contributed by atoms with Gasteiger partial charge in [0.25, 0.3) is 0 Å². The molecule has 0 saturated carbocycles. The third kappa shape index (κ3) is 3.94. The van der Waals surface area contributed by atoms with Crippen LogP contribution in [0.3, 0.4) is 0 Å². The molecule has 2 aromatic carbocycles. The minimum Gasteiger partial charge on any atom is -0.478 e. The summed E-state index contributed by atoms with van der Waals surface area (Å²) in [5.74, 6) is -1.76. The monoisotopic (exact) mass is 310 g/mol. The van der Waals surface area contributed by atoms with Crippen LogP contribution in [0.15, 0.2) is 48.5 Å². The highest BCUT2D eigenvalue weighted by Crippen LogP contribution is 2.33. The Kier molecular flexibility index (Phi) is 4.30. The molecule has 0 atom stereocenters. The Bertz CT molecular complexity index is 716. The average molecular weight is 310 g/mol. The second-order valence-electron chi connectivity index (χ2n) is 4.52. The van der Waals surface area contributed by atoms with E-state index in [1.54, 1.807) is 0 Å². The van der Waals surface area contributed by atoms with Crippen molar-refractivity contribution in [1.29, 1.82) is 0 Å². The lowest BCUT2D eigenvalue weighted by Gasteiger charge is -2.11. The van der Waals surface area contributed by atoms with Gasteiger partial charge in [0.05, 0.1) is 5.56 Å². The van der Waals surface area contributed by atoms with Gasteiger partial charge in [-0.2, -0.15) is 13.2 Å². The van der Waals surface area contributed by atoms with E-state index in [-0.39, 0.29) is 11.1 Å². The lowest BCUT2D eigenvalue weighted by atomic mass is 9.99. The fourth-order valence-electron chi connectivity index (χ4n) is 1.89. The first-order valence-electron chi connectivity index (χ1n) is 6.15. The molecule has 6 heteroatoms. The molecule has 2 nitrogen and oxygen atoms in total. The predicted molar refractivity (Wildman–Crippen MR) is 73.5 cm³/mol. The molecule has 0 spiro atoms. The van der Waals surface area contributed by atoms with Crippen LogP contribution in [0.5, 0.6) is 0 Å². The Morgan fingerprint density at radius 3 is 2.18 bits per heavy atom. The Balaban J connectivity index is 2.55. The summed E-state index contributed by atoms with van der Waals surface area (Å²) in [6.07, 6.45) is -2.74. The van der Waals surface area contributed by atoms with Crippen molar-refractivity contribution in [2.24, 2.45) is 0 Å². The number of hydrogen-bond donors (Lipinski definition) is 1. The smallest absolute Gasteiger partial charge is 0.416 e. The molecule has 0 radical (unpaired) electrons. The molecule has 1 N–H and O–H groups in total. The molecule has 0 aliphatic carbocycles. The Hall–Kier alpha value is -2.63. The summed E-state index contributed by atoms with van der Waals surface area (Å²) in [5, 5.41) is 8.57. The average Bonchev–Trinajstić information content (AvgIpc) is 2.44. The van der Waals surface area contributed by atoms with Gasteiger partial charge in [0, 0.05) is 6.08 Å². The van der Waals surface area contributed by atoms with E-state index in [1.807, 2.05) is 0 Å². The molecule has 0 heterocycles. The summed E-state index contributed by atoms with van der Waals surface area (Å²) in [4.78, 5) is 10.5. The van der Waals surface area contributed by atoms with Crippen LogP contribution in [0.1, 0.15) is 11.1 Å². The van der Waals surface area contributed by atoms with Crippen molar-refractivity contribution in [2.75, 3.05) is 0 Å². The summed E-state index contributed by atoms with van der Waals surface area (Å²) in [6, 6.07) is 8.19. The van der Waals surface area contributed by atoms with Crippen molar-refractivity contribution in [3.05, 3.63) is 65.5 Å². The van der Waals surface area contributed by atoms with E-state index < -0.39 is 23.5 Å². The lowest BCUT2D eigenvalue weighted by Crippen LogP contribution is -2.05. The first-order valence-corrected chi connectivity index (χ1v) is 6.15. The molecule has 114 valence electrons.